The fraction of sp³-hybridized carbons (Fsp3) is 0.519. The lowest BCUT2D eigenvalue weighted by Crippen LogP contribution is -2.52. The maximum atomic E-state index is 12.9. The van der Waals surface area contributed by atoms with Crippen LogP contribution in [0.4, 0.5) is 0 Å². The van der Waals surface area contributed by atoms with Crippen molar-refractivity contribution in [3.8, 4) is 0 Å². The zero-order valence-electron chi connectivity index (χ0n) is 22.9. The van der Waals surface area contributed by atoms with E-state index in [0.29, 0.717) is 30.7 Å². The van der Waals surface area contributed by atoms with Gasteiger partial charge in [0.05, 0.1) is 17.8 Å². The van der Waals surface area contributed by atoms with Gasteiger partial charge < -0.3 is 21.7 Å². The highest BCUT2D eigenvalue weighted by Crippen LogP contribution is 2.19. The molecular weight excluding hydrogens is 472 g/mol. The molecule has 1 heterocycles. The molecule has 1 saturated heterocycles. The predicted molar refractivity (Wildman–Crippen MR) is 154 cm³/mol. The van der Waals surface area contributed by atoms with E-state index >= 15 is 0 Å². The summed E-state index contributed by atoms with van der Waals surface area (Å²) < 4.78 is 0. The van der Waals surface area contributed by atoms with E-state index in [2.05, 4.69) is 53.2 Å². The molecule has 2 atom stereocenters. The molecular formula is C27H44N6O2S. The summed E-state index contributed by atoms with van der Waals surface area (Å²) >= 11 is 1.28. The van der Waals surface area contributed by atoms with E-state index in [1.54, 1.807) is 13.1 Å². The van der Waals surface area contributed by atoms with E-state index in [0.717, 1.165) is 22.6 Å². The minimum Gasteiger partial charge on any atom is -0.394 e. The summed E-state index contributed by atoms with van der Waals surface area (Å²) in [5.74, 6) is -0.646. The Morgan fingerprint density at radius 3 is 2.39 bits per heavy atom. The number of carbonyl (C=O) groups is 2. The lowest BCUT2D eigenvalue weighted by atomic mass is 10.1. The van der Waals surface area contributed by atoms with Crippen molar-refractivity contribution in [2.45, 2.75) is 59.7 Å². The Morgan fingerprint density at radius 2 is 1.86 bits per heavy atom. The highest BCUT2D eigenvalue weighted by molar-refractivity contribution is 8.18. The molecule has 2 amide bonds. The van der Waals surface area contributed by atoms with Gasteiger partial charge >= 0.3 is 0 Å². The molecule has 0 aliphatic carbocycles. The number of nitrogens with two attached hydrogens (primary N) is 1. The third-order valence-corrected chi connectivity index (χ3v) is 6.61. The van der Waals surface area contributed by atoms with Crippen LogP contribution >= 0.6 is 11.8 Å². The van der Waals surface area contributed by atoms with Crippen LogP contribution in [0.5, 0.6) is 0 Å². The van der Waals surface area contributed by atoms with Crippen LogP contribution in [0.25, 0.3) is 6.08 Å². The Labute approximate surface area is 221 Å². The summed E-state index contributed by atoms with van der Waals surface area (Å²) in [6.07, 6.45) is 1.65. The number of nitrogens with one attached hydrogen (secondary N) is 3. The number of nitrogens with zero attached hydrogens (tertiary/aromatic N) is 2. The van der Waals surface area contributed by atoms with Gasteiger partial charge in [0.15, 0.2) is 5.04 Å². The molecule has 0 aromatic heterocycles. The molecule has 5 N–H and O–H groups in total. The zero-order valence-corrected chi connectivity index (χ0v) is 23.7. The number of carbonyl (C=O) groups excluding carboxylic acids is 2. The van der Waals surface area contributed by atoms with E-state index in [1.165, 1.54) is 11.8 Å². The van der Waals surface area contributed by atoms with Gasteiger partial charge in [-0.2, -0.15) is 0 Å². The highest BCUT2D eigenvalue weighted by atomic mass is 32.2. The molecule has 1 aliphatic rings. The Kier molecular flexibility index (Phi) is 14.1. The first-order chi connectivity index (χ1) is 17.1. The fourth-order valence-electron chi connectivity index (χ4n) is 3.72. The maximum absolute atomic E-state index is 12.9. The number of rotatable bonds is 9. The molecule has 2 rings (SSSR count). The molecule has 1 aromatic carbocycles. The van der Waals surface area contributed by atoms with E-state index in [-0.39, 0.29) is 29.6 Å². The topological polar surface area (TPSA) is 112 Å². The number of benzene rings is 1. The molecule has 0 radical (unpaired) electrons. The van der Waals surface area contributed by atoms with Gasteiger partial charge in [-0.05, 0) is 43.9 Å². The average molecular weight is 517 g/mol. The van der Waals surface area contributed by atoms with Crippen LogP contribution in [0.15, 0.2) is 46.4 Å². The third kappa shape index (κ3) is 10.2. The molecule has 1 aromatic rings. The monoisotopic (exact) mass is 516 g/mol. The molecule has 9 heteroatoms. The lowest BCUT2D eigenvalue weighted by Gasteiger charge is -2.25. The summed E-state index contributed by atoms with van der Waals surface area (Å²) in [5, 5.41) is 9.49. The van der Waals surface area contributed by atoms with Crippen molar-refractivity contribution in [2.75, 3.05) is 33.2 Å². The second-order valence-electron chi connectivity index (χ2n) is 8.66. The van der Waals surface area contributed by atoms with Gasteiger partial charge in [-0.3, -0.25) is 19.5 Å². The van der Waals surface area contributed by atoms with Gasteiger partial charge in [0.1, 0.15) is 0 Å². The van der Waals surface area contributed by atoms with Gasteiger partial charge in [-0.25, -0.2) is 0 Å². The molecule has 0 spiro atoms. The van der Waals surface area contributed by atoms with E-state index in [4.69, 9.17) is 5.73 Å². The quantitative estimate of drug-likeness (QED) is 0.228. The van der Waals surface area contributed by atoms with Gasteiger partial charge in [0.25, 0.3) is 11.8 Å². The van der Waals surface area contributed by atoms with Crippen LogP contribution in [0.3, 0.4) is 0 Å². The number of hydrogen-bond acceptors (Lipinski definition) is 7. The van der Waals surface area contributed by atoms with Crippen LogP contribution in [-0.2, 0) is 9.59 Å². The van der Waals surface area contributed by atoms with E-state index < -0.39 is 0 Å². The largest absolute Gasteiger partial charge is 0.394 e. The predicted octanol–water partition coefficient (Wildman–Crippen LogP) is 2.90. The number of amides is 2. The minimum atomic E-state index is -0.366. The minimum absolute atomic E-state index is 0.121. The van der Waals surface area contributed by atoms with Crippen molar-refractivity contribution in [3.63, 3.8) is 0 Å². The fourth-order valence-corrected chi connectivity index (χ4v) is 4.46. The first-order valence-electron chi connectivity index (χ1n) is 12.6. The van der Waals surface area contributed by atoms with Crippen LogP contribution < -0.4 is 21.7 Å². The Hall–Kier alpha value is -2.62. The van der Waals surface area contributed by atoms with Crippen molar-refractivity contribution < 1.29 is 9.59 Å². The smallest absolute Gasteiger partial charge is 0.276 e. The summed E-state index contributed by atoms with van der Waals surface area (Å²) in [7, 11) is 1.60. The van der Waals surface area contributed by atoms with Crippen LogP contribution in [0.1, 0.15) is 45.7 Å². The first-order valence-corrected chi connectivity index (χ1v) is 13.4. The molecule has 36 heavy (non-hydrogen) atoms. The van der Waals surface area contributed by atoms with Crippen molar-refractivity contribution in [3.05, 3.63) is 52.6 Å². The number of aliphatic imine (C=N–C) groups is 1. The van der Waals surface area contributed by atoms with Gasteiger partial charge in [0, 0.05) is 32.7 Å². The molecule has 1 fully saturated rings. The lowest BCUT2D eigenvalue weighted by molar-refractivity contribution is -0.119. The second-order valence-corrected chi connectivity index (χ2v) is 9.83. The summed E-state index contributed by atoms with van der Waals surface area (Å²) in [4.78, 5) is 32.8. The first kappa shape index (κ1) is 31.4. The Balaban J connectivity index is 0.00000316. The number of likely N-dealkylation sites (N-methyl/N-ethyl adjacent to an activating group) is 1. The Bertz CT molecular complexity index is 944. The number of thioether (sulfide) groups is 1. The maximum Gasteiger partial charge on any atom is 0.276 e. The van der Waals surface area contributed by atoms with E-state index in [9.17, 15) is 9.59 Å². The standard InChI is InChI=1S/C25H38N6O2S.C2H6/c1-7-31(16(2)3)15-18(5)34-25(27-6)24(33)30-22-14-28-13-21(22)29-23(32)20(26)12-19-10-8-9-17(4)11-19;1-2/h8-12,16,21-22,28H,5,7,13-15,26H2,1-4,6H3,(H,29,32)(H,30,33);1-2H3/b20-12-,27-25?;/t21?,22-;/m1./s1. The average Bonchev–Trinajstić information content (AvgIpc) is 3.28. The second kappa shape index (κ2) is 16.2. The van der Waals surface area contributed by atoms with Crippen molar-refractivity contribution in [1.82, 2.24) is 20.9 Å². The van der Waals surface area contributed by atoms with Gasteiger partial charge in [0.2, 0.25) is 0 Å². The number of aryl methyl sites for hydroxylation is 1. The zero-order chi connectivity index (χ0) is 27.3. The summed E-state index contributed by atoms with van der Waals surface area (Å²) in [6.45, 7) is 19.1. The normalized spacial score (nSPS) is 18.0. The molecule has 1 aliphatic heterocycles. The van der Waals surface area contributed by atoms with Crippen molar-refractivity contribution >= 4 is 34.7 Å². The SMILES string of the molecule is C=C(CN(CC)C(C)C)SC(=NC)C(=O)N[C@@H]1CNCC1NC(=O)/C(N)=C/c1cccc(C)c1.CC. The summed E-state index contributed by atoms with van der Waals surface area (Å²) in [5.41, 5.74) is 8.10. The number of hydrogen-bond donors (Lipinski definition) is 4. The van der Waals surface area contributed by atoms with Gasteiger partial charge in [-0.1, -0.05) is 68.9 Å². The van der Waals surface area contributed by atoms with Crippen molar-refractivity contribution in [1.29, 1.82) is 0 Å². The van der Waals surface area contributed by atoms with Crippen LogP contribution in [-0.4, -0.2) is 73.1 Å². The Morgan fingerprint density at radius 1 is 1.25 bits per heavy atom. The van der Waals surface area contributed by atoms with Crippen LogP contribution in [0.2, 0.25) is 0 Å². The molecule has 0 saturated carbocycles. The molecule has 8 nitrogen and oxygen atoms in total. The highest BCUT2D eigenvalue weighted by Gasteiger charge is 2.31. The van der Waals surface area contributed by atoms with Gasteiger partial charge in [-0.15, -0.1) is 0 Å². The van der Waals surface area contributed by atoms with Crippen LogP contribution in [0, 0.1) is 6.92 Å². The van der Waals surface area contributed by atoms with Crippen molar-refractivity contribution in [2.24, 2.45) is 10.7 Å². The molecule has 1 unspecified atom stereocenters. The third-order valence-electron chi connectivity index (χ3n) is 5.63. The molecule has 0 bridgehead atoms. The summed E-state index contributed by atoms with van der Waals surface area (Å²) in [6, 6.07) is 7.57. The molecule has 200 valence electrons. The van der Waals surface area contributed by atoms with E-state index in [1.807, 2.05) is 45.0 Å².